The molecule has 0 unspecified atom stereocenters. The third-order valence-electron chi connectivity index (χ3n) is 2.12. The van der Waals surface area contributed by atoms with Crippen molar-refractivity contribution in [3.05, 3.63) is 40.9 Å². The standard InChI is InChI=1S/C11H10Cl2/c12-10-5-3-9(4-6-10)11(13)7-8-1-2-8/h3-8H,1-2H2/b11-7+. The zero-order chi connectivity index (χ0) is 9.26. The van der Waals surface area contributed by atoms with Gasteiger partial charge in [0.25, 0.3) is 0 Å². The summed E-state index contributed by atoms with van der Waals surface area (Å²) in [6.07, 6.45) is 4.69. The van der Waals surface area contributed by atoms with Crippen LogP contribution in [0.5, 0.6) is 0 Å². The molecule has 1 aromatic carbocycles. The molecule has 0 aliphatic heterocycles. The predicted octanol–water partition coefficient (Wildman–Crippen LogP) is 4.33. The summed E-state index contributed by atoms with van der Waals surface area (Å²) >= 11 is 11.9. The van der Waals surface area contributed by atoms with Gasteiger partial charge in [-0.3, -0.25) is 0 Å². The number of halogens is 2. The second kappa shape index (κ2) is 3.73. The molecule has 0 radical (unpaired) electrons. The number of hydrogen-bond donors (Lipinski definition) is 0. The zero-order valence-corrected chi connectivity index (χ0v) is 8.65. The van der Waals surface area contributed by atoms with Crippen molar-refractivity contribution in [3.8, 4) is 0 Å². The molecular formula is C11H10Cl2. The minimum atomic E-state index is 0.711. The van der Waals surface area contributed by atoms with Crippen LogP contribution in [0.15, 0.2) is 30.3 Å². The molecule has 0 saturated heterocycles. The first-order chi connectivity index (χ1) is 6.25. The van der Waals surface area contributed by atoms with Crippen molar-refractivity contribution in [2.75, 3.05) is 0 Å². The van der Waals surface area contributed by atoms with E-state index in [9.17, 15) is 0 Å². The molecule has 0 spiro atoms. The predicted molar refractivity (Wildman–Crippen MR) is 58.0 cm³/mol. The Morgan fingerprint density at radius 1 is 1.23 bits per heavy atom. The molecule has 0 nitrogen and oxygen atoms in total. The van der Waals surface area contributed by atoms with E-state index in [1.54, 1.807) is 0 Å². The summed E-state index contributed by atoms with van der Waals surface area (Å²) in [4.78, 5) is 0. The highest BCUT2D eigenvalue weighted by atomic mass is 35.5. The highest BCUT2D eigenvalue weighted by Crippen LogP contribution is 2.34. The topological polar surface area (TPSA) is 0 Å². The SMILES string of the molecule is Cl/C(=C/C1CC1)c1ccc(Cl)cc1. The molecule has 1 fully saturated rings. The Kier molecular flexibility index (Phi) is 2.61. The molecule has 1 aromatic rings. The van der Waals surface area contributed by atoms with Gasteiger partial charge in [0.2, 0.25) is 0 Å². The van der Waals surface area contributed by atoms with Crippen LogP contribution in [0.2, 0.25) is 5.02 Å². The van der Waals surface area contributed by atoms with Gasteiger partial charge in [-0.2, -0.15) is 0 Å². The Hall–Kier alpha value is -0.460. The Labute approximate surface area is 88.2 Å². The van der Waals surface area contributed by atoms with Gasteiger partial charge in [-0.05, 0) is 36.5 Å². The van der Waals surface area contributed by atoms with Crippen LogP contribution in [0.4, 0.5) is 0 Å². The Bertz CT molecular complexity index is 320. The molecule has 0 aromatic heterocycles. The van der Waals surface area contributed by atoms with E-state index in [0.717, 1.165) is 15.6 Å². The largest absolute Gasteiger partial charge is 0.0843 e. The maximum absolute atomic E-state index is 6.11. The lowest BCUT2D eigenvalue weighted by molar-refractivity contribution is 1.13. The van der Waals surface area contributed by atoms with E-state index >= 15 is 0 Å². The monoisotopic (exact) mass is 212 g/mol. The van der Waals surface area contributed by atoms with Crippen molar-refractivity contribution < 1.29 is 0 Å². The highest BCUT2D eigenvalue weighted by Gasteiger charge is 2.19. The second-order valence-electron chi connectivity index (χ2n) is 3.36. The van der Waals surface area contributed by atoms with Crippen LogP contribution in [0.1, 0.15) is 18.4 Å². The zero-order valence-electron chi connectivity index (χ0n) is 7.13. The van der Waals surface area contributed by atoms with Crippen LogP contribution < -0.4 is 0 Å². The Balaban J connectivity index is 2.19. The molecule has 0 bridgehead atoms. The fourth-order valence-electron chi connectivity index (χ4n) is 1.18. The van der Waals surface area contributed by atoms with Crippen molar-refractivity contribution in [2.45, 2.75) is 12.8 Å². The fraction of sp³-hybridized carbons (Fsp3) is 0.273. The van der Waals surface area contributed by atoms with Crippen LogP contribution in [0, 0.1) is 5.92 Å². The fourth-order valence-corrected chi connectivity index (χ4v) is 1.61. The van der Waals surface area contributed by atoms with Crippen molar-refractivity contribution >= 4 is 28.2 Å². The van der Waals surface area contributed by atoms with Gasteiger partial charge in [0.05, 0.1) is 0 Å². The van der Waals surface area contributed by atoms with E-state index in [2.05, 4.69) is 6.08 Å². The van der Waals surface area contributed by atoms with Gasteiger partial charge >= 0.3 is 0 Å². The summed E-state index contributed by atoms with van der Waals surface area (Å²) in [6, 6.07) is 7.62. The first-order valence-electron chi connectivity index (χ1n) is 4.39. The van der Waals surface area contributed by atoms with Crippen molar-refractivity contribution in [2.24, 2.45) is 5.92 Å². The second-order valence-corrected chi connectivity index (χ2v) is 4.20. The van der Waals surface area contributed by atoms with E-state index in [1.807, 2.05) is 24.3 Å². The van der Waals surface area contributed by atoms with E-state index in [1.165, 1.54) is 12.8 Å². The first-order valence-corrected chi connectivity index (χ1v) is 5.14. The number of allylic oxidation sites excluding steroid dienone is 1. The lowest BCUT2D eigenvalue weighted by atomic mass is 10.2. The first kappa shape index (κ1) is 9.11. The van der Waals surface area contributed by atoms with Gasteiger partial charge < -0.3 is 0 Å². The van der Waals surface area contributed by atoms with E-state index in [0.29, 0.717) is 5.92 Å². The highest BCUT2D eigenvalue weighted by molar-refractivity contribution is 6.48. The lowest BCUT2D eigenvalue weighted by Crippen LogP contribution is -1.77. The van der Waals surface area contributed by atoms with Gasteiger partial charge in [0.1, 0.15) is 0 Å². The molecule has 1 aliphatic rings. The summed E-state index contributed by atoms with van der Waals surface area (Å²) in [5, 5.41) is 1.60. The summed E-state index contributed by atoms with van der Waals surface area (Å²) in [7, 11) is 0. The van der Waals surface area contributed by atoms with Crippen molar-refractivity contribution in [1.82, 2.24) is 0 Å². The third kappa shape index (κ3) is 2.49. The van der Waals surface area contributed by atoms with Crippen LogP contribution >= 0.6 is 23.2 Å². The molecule has 0 heterocycles. The summed E-state index contributed by atoms with van der Waals surface area (Å²) in [5.74, 6) is 0.711. The summed E-state index contributed by atoms with van der Waals surface area (Å²) in [5.41, 5.74) is 1.05. The smallest absolute Gasteiger partial charge is 0.0441 e. The van der Waals surface area contributed by atoms with E-state index in [-0.39, 0.29) is 0 Å². The minimum Gasteiger partial charge on any atom is -0.0843 e. The average Bonchev–Trinajstić information content (AvgIpc) is 2.89. The molecule has 13 heavy (non-hydrogen) atoms. The molecule has 0 amide bonds. The van der Waals surface area contributed by atoms with E-state index < -0.39 is 0 Å². The molecule has 2 heteroatoms. The maximum atomic E-state index is 6.11. The van der Waals surface area contributed by atoms with Gasteiger partial charge in [-0.15, -0.1) is 0 Å². The normalized spacial score (nSPS) is 17.5. The maximum Gasteiger partial charge on any atom is 0.0441 e. The van der Waals surface area contributed by atoms with Crippen LogP contribution in [0.25, 0.3) is 5.03 Å². The Morgan fingerprint density at radius 3 is 2.38 bits per heavy atom. The molecule has 68 valence electrons. The molecular weight excluding hydrogens is 203 g/mol. The van der Waals surface area contributed by atoms with Crippen LogP contribution in [0.3, 0.4) is 0 Å². The summed E-state index contributed by atoms with van der Waals surface area (Å²) in [6.45, 7) is 0. The molecule has 1 aliphatic carbocycles. The number of rotatable bonds is 2. The minimum absolute atomic E-state index is 0.711. The average molecular weight is 213 g/mol. The van der Waals surface area contributed by atoms with Crippen LogP contribution in [-0.2, 0) is 0 Å². The number of hydrogen-bond acceptors (Lipinski definition) is 0. The van der Waals surface area contributed by atoms with Crippen molar-refractivity contribution in [1.29, 1.82) is 0 Å². The van der Waals surface area contributed by atoms with Crippen molar-refractivity contribution in [3.63, 3.8) is 0 Å². The summed E-state index contributed by atoms with van der Waals surface area (Å²) < 4.78 is 0. The van der Waals surface area contributed by atoms with Gasteiger partial charge in [0, 0.05) is 10.1 Å². The van der Waals surface area contributed by atoms with Gasteiger partial charge in [0.15, 0.2) is 0 Å². The molecule has 0 N–H and O–H groups in total. The third-order valence-corrected chi connectivity index (χ3v) is 2.72. The van der Waals surface area contributed by atoms with Gasteiger partial charge in [-0.1, -0.05) is 41.4 Å². The molecule has 0 atom stereocenters. The van der Waals surface area contributed by atoms with Crippen LogP contribution in [-0.4, -0.2) is 0 Å². The van der Waals surface area contributed by atoms with Gasteiger partial charge in [-0.25, -0.2) is 0 Å². The molecule has 2 rings (SSSR count). The number of benzene rings is 1. The Morgan fingerprint density at radius 2 is 1.85 bits per heavy atom. The molecule has 1 saturated carbocycles. The quantitative estimate of drug-likeness (QED) is 0.685. The lowest BCUT2D eigenvalue weighted by Gasteiger charge is -1.98. The van der Waals surface area contributed by atoms with E-state index in [4.69, 9.17) is 23.2 Å².